The van der Waals surface area contributed by atoms with Crippen LogP contribution in [0.3, 0.4) is 0 Å². The van der Waals surface area contributed by atoms with Gasteiger partial charge in [0.1, 0.15) is 12.4 Å². The lowest BCUT2D eigenvalue weighted by molar-refractivity contribution is 0.302. The Balaban J connectivity index is 0.00000261. The Morgan fingerprint density at radius 2 is 1.56 bits per heavy atom. The Labute approximate surface area is 180 Å². The van der Waals surface area contributed by atoms with Gasteiger partial charge in [-0.25, -0.2) is 0 Å². The van der Waals surface area contributed by atoms with E-state index in [1.54, 1.807) is 0 Å². The summed E-state index contributed by atoms with van der Waals surface area (Å²) in [6, 6.07) is 22.4. The third kappa shape index (κ3) is 6.86. The zero-order valence-electron chi connectivity index (χ0n) is 15.0. The predicted molar refractivity (Wildman–Crippen MR) is 119 cm³/mol. The van der Waals surface area contributed by atoms with Gasteiger partial charge in [-0.05, 0) is 48.4 Å². The van der Waals surface area contributed by atoms with Crippen LogP contribution in [-0.2, 0) is 19.7 Å². The predicted octanol–water partition coefficient (Wildman–Crippen LogP) is 6.70. The van der Waals surface area contributed by atoms with Crippen molar-refractivity contribution in [3.63, 3.8) is 0 Å². The summed E-state index contributed by atoms with van der Waals surface area (Å²) in [4.78, 5) is 0. The van der Waals surface area contributed by atoms with Crippen molar-refractivity contribution in [3.05, 3.63) is 98.5 Å². The van der Waals surface area contributed by atoms with Gasteiger partial charge >= 0.3 is 0 Å². The molecule has 0 aliphatic carbocycles. The van der Waals surface area contributed by atoms with Crippen molar-refractivity contribution >= 4 is 39.9 Å². The minimum absolute atomic E-state index is 0. The van der Waals surface area contributed by atoms with Crippen LogP contribution in [0.4, 0.5) is 0 Å². The molecule has 0 amide bonds. The van der Waals surface area contributed by atoms with Gasteiger partial charge in [-0.1, -0.05) is 69.5 Å². The molecule has 0 fully saturated rings. The van der Waals surface area contributed by atoms with Crippen LogP contribution in [0.2, 0.25) is 5.02 Å². The number of nitrogens with one attached hydrogen (secondary N) is 1. The number of hydrogen-bond acceptors (Lipinski definition) is 2. The highest BCUT2D eigenvalue weighted by molar-refractivity contribution is 9.10. The number of hydrogen-bond donors (Lipinski definition) is 1. The van der Waals surface area contributed by atoms with Gasteiger partial charge in [-0.3, -0.25) is 0 Å². The summed E-state index contributed by atoms with van der Waals surface area (Å²) >= 11 is 9.48. The van der Waals surface area contributed by atoms with Crippen LogP contribution in [0.25, 0.3) is 0 Å². The topological polar surface area (TPSA) is 21.3 Å². The molecule has 0 unspecified atom stereocenters. The highest BCUT2D eigenvalue weighted by Crippen LogP contribution is 2.24. The number of benzene rings is 3. The van der Waals surface area contributed by atoms with E-state index in [4.69, 9.17) is 16.3 Å². The third-order valence-corrected chi connectivity index (χ3v) is 4.84. The van der Waals surface area contributed by atoms with Crippen molar-refractivity contribution in [1.29, 1.82) is 0 Å². The second kappa shape index (κ2) is 10.7. The summed E-state index contributed by atoms with van der Waals surface area (Å²) in [5.74, 6) is 0.888. The van der Waals surface area contributed by atoms with Crippen LogP contribution >= 0.6 is 39.9 Å². The molecular formula is C22H22BrCl2NO. The van der Waals surface area contributed by atoms with E-state index in [0.717, 1.165) is 39.5 Å². The Hall–Kier alpha value is -1.52. The molecule has 0 atom stereocenters. The lowest BCUT2D eigenvalue weighted by atomic mass is 10.1. The van der Waals surface area contributed by atoms with Crippen LogP contribution in [0.15, 0.2) is 71.2 Å². The van der Waals surface area contributed by atoms with Gasteiger partial charge in [0.05, 0.1) is 0 Å². The van der Waals surface area contributed by atoms with Crippen molar-refractivity contribution in [2.45, 2.75) is 26.6 Å². The lowest BCUT2D eigenvalue weighted by Crippen LogP contribution is -2.13. The van der Waals surface area contributed by atoms with Gasteiger partial charge in [0.15, 0.2) is 0 Å². The first kappa shape index (κ1) is 21.8. The van der Waals surface area contributed by atoms with Crippen molar-refractivity contribution in [2.24, 2.45) is 0 Å². The van der Waals surface area contributed by atoms with Crippen molar-refractivity contribution in [3.8, 4) is 5.75 Å². The van der Waals surface area contributed by atoms with Crippen LogP contribution in [-0.4, -0.2) is 0 Å². The Kier molecular flexibility index (Phi) is 8.65. The third-order valence-electron chi connectivity index (χ3n) is 4.10. The molecule has 5 heteroatoms. The van der Waals surface area contributed by atoms with E-state index in [0.29, 0.717) is 6.61 Å². The maximum absolute atomic E-state index is 6.03. The fourth-order valence-electron chi connectivity index (χ4n) is 2.62. The molecule has 27 heavy (non-hydrogen) atoms. The van der Waals surface area contributed by atoms with Gasteiger partial charge in [0, 0.05) is 28.1 Å². The maximum Gasteiger partial charge on any atom is 0.124 e. The summed E-state index contributed by atoms with van der Waals surface area (Å²) in [6.07, 6.45) is 0. The van der Waals surface area contributed by atoms with E-state index < -0.39 is 0 Å². The second-order valence-corrected chi connectivity index (χ2v) is 7.61. The largest absolute Gasteiger partial charge is 0.489 e. The van der Waals surface area contributed by atoms with E-state index >= 15 is 0 Å². The first-order valence-corrected chi connectivity index (χ1v) is 9.69. The molecule has 0 aromatic heterocycles. The average Bonchev–Trinajstić information content (AvgIpc) is 2.64. The Morgan fingerprint density at radius 3 is 2.26 bits per heavy atom. The molecular weight excluding hydrogens is 445 g/mol. The molecule has 142 valence electrons. The minimum Gasteiger partial charge on any atom is -0.489 e. The molecule has 0 saturated carbocycles. The number of ether oxygens (including phenoxy) is 1. The van der Waals surface area contributed by atoms with Crippen LogP contribution < -0.4 is 10.1 Å². The first-order chi connectivity index (χ1) is 12.6. The molecule has 0 bridgehead atoms. The van der Waals surface area contributed by atoms with Gasteiger partial charge in [0.2, 0.25) is 0 Å². The average molecular weight is 467 g/mol. The lowest BCUT2D eigenvalue weighted by Gasteiger charge is -2.13. The standard InChI is InChI=1S/C22H21BrClNO.ClH/c1-16-2-4-17(5-3-16)13-25-14-19-12-20(23)8-11-22(19)26-15-18-6-9-21(24)10-7-18;/h2-12,25H,13-15H2,1H3;1H. The van der Waals surface area contributed by atoms with Gasteiger partial charge in [-0.15, -0.1) is 12.4 Å². The van der Waals surface area contributed by atoms with Gasteiger partial charge in [-0.2, -0.15) is 0 Å². The molecule has 2 nitrogen and oxygen atoms in total. The van der Waals surface area contributed by atoms with Gasteiger partial charge in [0.25, 0.3) is 0 Å². The van der Waals surface area contributed by atoms with Gasteiger partial charge < -0.3 is 10.1 Å². The molecule has 0 aliphatic rings. The Bertz CT molecular complexity index is 851. The zero-order valence-corrected chi connectivity index (χ0v) is 18.2. The normalized spacial score (nSPS) is 10.3. The van der Waals surface area contributed by atoms with E-state index in [-0.39, 0.29) is 12.4 Å². The maximum atomic E-state index is 6.03. The van der Waals surface area contributed by atoms with Crippen LogP contribution in [0, 0.1) is 6.92 Å². The quantitative estimate of drug-likeness (QED) is 0.418. The fourth-order valence-corrected chi connectivity index (χ4v) is 3.15. The highest BCUT2D eigenvalue weighted by Gasteiger charge is 2.06. The molecule has 0 spiro atoms. The summed E-state index contributed by atoms with van der Waals surface area (Å²) in [7, 11) is 0. The summed E-state index contributed by atoms with van der Waals surface area (Å²) in [5.41, 5.74) is 4.77. The minimum atomic E-state index is 0. The molecule has 3 aromatic rings. The second-order valence-electron chi connectivity index (χ2n) is 6.26. The SMILES string of the molecule is Cc1ccc(CNCc2cc(Br)ccc2OCc2ccc(Cl)cc2)cc1.Cl. The smallest absolute Gasteiger partial charge is 0.124 e. The van der Waals surface area contributed by atoms with Crippen molar-refractivity contribution in [1.82, 2.24) is 5.32 Å². The van der Waals surface area contributed by atoms with Crippen LogP contribution in [0.1, 0.15) is 22.3 Å². The Morgan fingerprint density at radius 1 is 0.889 bits per heavy atom. The highest BCUT2D eigenvalue weighted by atomic mass is 79.9. The molecule has 3 aromatic carbocycles. The molecule has 0 heterocycles. The molecule has 0 aliphatic heterocycles. The van der Waals surface area contributed by atoms with E-state index in [1.165, 1.54) is 11.1 Å². The van der Waals surface area contributed by atoms with E-state index in [9.17, 15) is 0 Å². The summed E-state index contributed by atoms with van der Waals surface area (Å²) < 4.78 is 7.08. The summed E-state index contributed by atoms with van der Waals surface area (Å²) in [6.45, 7) is 4.18. The molecule has 0 saturated heterocycles. The molecule has 3 rings (SSSR count). The number of aryl methyl sites for hydroxylation is 1. The van der Waals surface area contributed by atoms with E-state index in [2.05, 4.69) is 58.5 Å². The number of halogens is 3. The van der Waals surface area contributed by atoms with E-state index in [1.807, 2.05) is 36.4 Å². The molecule has 1 N–H and O–H groups in total. The van der Waals surface area contributed by atoms with Crippen molar-refractivity contribution < 1.29 is 4.74 Å². The fraction of sp³-hybridized carbons (Fsp3) is 0.182. The van der Waals surface area contributed by atoms with Crippen LogP contribution in [0.5, 0.6) is 5.75 Å². The van der Waals surface area contributed by atoms with Crippen molar-refractivity contribution in [2.75, 3.05) is 0 Å². The monoisotopic (exact) mass is 465 g/mol. The number of rotatable bonds is 7. The summed E-state index contributed by atoms with van der Waals surface area (Å²) in [5, 5.41) is 4.23. The molecule has 0 radical (unpaired) electrons. The first-order valence-electron chi connectivity index (χ1n) is 8.52. The zero-order chi connectivity index (χ0) is 18.4.